The third kappa shape index (κ3) is 3.44. The number of aromatic nitrogens is 2. The highest BCUT2D eigenvalue weighted by molar-refractivity contribution is 7.17. The van der Waals surface area contributed by atoms with Crippen molar-refractivity contribution in [3.05, 3.63) is 86.7 Å². The van der Waals surface area contributed by atoms with Crippen LogP contribution in [0.4, 0.5) is 0 Å². The fraction of sp³-hybridized carbons (Fsp3) is 0.0952. The van der Waals surface area contributed by atoms with Crippen molar-refractivity contribution in [1.29, 1.82) is 0 Å². The van der Waals surface area contributed by atoms with Crippen LogP contribution in [0.3, 0.4) is 0 Å². The van der Waals surface area contributed by atoms with Crippen LogP contribution >= 0.6 is 22.9 Å². The number of ether oxygens (including phenoxy) is 1. The Labute approximate surface area is 169 Å². The van der Waals surface area contributed by atoms with Gasteiger partial charge in [0.05, 0.1) is 30.9 Å². The SMILES string of the molecule is COC(=O)c1cccc(Cn2cnc3scc(-c4ccc(Cl)cc4)c3c2=O)c1. The van der Waals surface area contributed by atoms with E-state index < -0.39 is 5.97 Å². The summed E-state index contributed by atoms with van der Waals surface area (Å²) in [5, 5.41) is 3.16. The first-order valence-electron chi connectivity index (χ1n) is 8.46. The molecule has 0 aliphatic carbocycles. The van der Waals surface area contributed by atoms with Crippen LogP contribution in [0.1, 0.15) is 15.9 Å². The molecule has 0 aliphatic rings. The van der Waals surface area contributed by atoms with E-state index in [2.05, 4.69) is 4.98 Å². The Morgan fingerprint density at radius 1 is 1.21 bits per heavy atom. The van der Waals surface area contributed by atoms with Gasteiger partial charge in [-0.25, -0.2) is 9.78 Å². The van der Waals surface area contributed by atoms with Crippen molar-refractivity contribution in [3.63, 3.8) is 0 Å². The smallest absolute Gasteiger partial charge is 0.337 e. The molecule has 0 saturated heterocycles. The zero-order chi connectivity index (χ0) is 19.7. The quantitative estimate of drug-likeness (QED) is 0.461. The number of carbonyl (C=O) groups excluding carboxylic acids is 1. The number of rotatable bonds is 4. The molecule has 0 N–H and O–H groups in total. The topological polar surface area (TPSA) is 61.2 Å². The number of esters is 1. The molecule has 0 aliphatic heterocycles. The molecule has 2 heterocycles. The second-order valence-corrected chi connectivity index (χ2v) is 7.50. The minimum absolute atomic E-state index is 0.125. The summed E-state index contributed by atoms with van der Waals surface area (Å²) in [7, 11) is 1.34. The lowest BCUT2D eigenvalue weighted by molar-refractivity contribution is 0.0600. The number of benzene rings is 2. The van der Waals surface area contributed by atoms with Crippen LogP contribution in [0.15, 0.2) is 65.0 Å². The average Bonchev–Trinajstić information content (AvgIpc) is 3.15. The lowest BCUT2D eigenvalue weighted by atomic mass is 10.1. The van der Waals surface area contributed by atoms with Crippen LogP contribution in [-0.4, -0.2) is 22.6 Å². The maximum absolute atomic E-state index is 13.1. The summed E-state index contributed by atoms with van der Waals surface area (Å²) >= 11 is 7.41. The van der Waals surface area contributed by atoms with Gasteiger partial charge in [-0.2, -0.15) is 0 Å². The van der Waals surface area contributed by atoms with Gasteiger partial charge >= 0.3 is 5.97 Å². The molecular weight excluding hydrogens is 396 g/mol. The predicted molar refractivity (Wildman–Crippen MR) is 111 cm³/mol. The van der Waals surface area contributed by atoms with Gasteiger partial charge in [0.1, 0.15) is 4.83 Å². The maximum atomic E-state index is 13.1. The number of halogens is 1. The zero-order valence-electron chi connectivity index (χ0n) is 14.9. The van der Waals surface area contributed by atoms with Crippen molar-refractivity contribution in [2.24, 2.45) is 0 Å². The molecule has 0 amide bonds. The fourth-order valence-electron chi connectivity index (χ4n) is 3.03. The molecule has 0 radical (unpaired) electrons. The van der Waals surface area contributed by atoms with E-state index in [0.717, 1.165) is 16.7 Å². The average molecular weight is 411 g/mol. The highest BCUT2D eigenvalue weighted by Gasteiger charge is 2.14. The second-order valence-electron chi connectivity index (χ2n) is 6.21. The van der Waals surface area contributed by atoms with Gasteiger partial charge in [-0.05, 0) is 35.4 Å². The van der Waals surface area contributed by atoms with Crippen LogP contribution in [0.5, 0.6) is 0 Å². The van der Waals surface area contributed by atoms with Crippen molar-refractivity contribution in [2.45, 2.75) is 6.54 Å². The van der Waals surface area contributed by atoms with Gasteiger partial charge in [0.25, 0.3) is 5.56 Å². The summed E-state index contributed by atoms with van der Waals surface area (Å²) in [5.74, 6) is -0.411. The monoisotopic (exact) mass is 410 g/mol. The summed E-state index contributed by atoms with van der Waals surface area (Å²) in [5.41, 5.74) is 2.89. The Balaban J connectivity index is 1.76. The van der Waals surface area contributed by atoms with E-state index >= 15 is 0 Å². The largest absolute Gasteiger partial charge is 0.465 e. The van der Waals surface area contributed by atoms with E-state index in [0.29, 0.717) is 27.3 Å². The van der Waals surface area contributed by atoms with Crippen LogP contribution in [0.25, 0.3) is 21.3 Å². The van der Waals surface area contributed by atoms with Gasteiger partial charge in [-0.3, -0.25) is 9.36 Å². The van der Waals surface area contributed by atoms with Gasteiger partial charge < -0.3 is 4.74 Å². The number of thiophene rings is 1. The molecule has 0 fully saturated rings. The fourth-order valence-corrected chi connectivity index (χ4v) is 4.07. The third-order valence-corrected chi connectivity index (χ3v) is 5.56. The molecule has 4 rings (SSSR count). The van der Waals surface area contributed by atoms with E-state index in [9.17, 15) is 9.59 Å². The van der Waals surface area contributed by atoms with Crippen LogP contribution in [-0.2, 0) is 11.3 Å². The molecule has 0 spiro atoms. The van der Waals surface area contributed by atoms with E-state index in [1.54, 1.807) is 34.9 Å². The Morgan fingerprint density at radius 2 is 2.00 bits per heavy atom. The van der Waals surface area contributed by atoms with Crippen LogP contribution in [0.2, 0.25) is 5.02 Å². The lowest BCUT2D eigenvalue weighted by Crippen LogP contribution is -2.21. The van der Waals surface area contributed by atoms with Crippen molar-refractivity contribution in [2.75, 3.05) is 7.11 Å². The molecule has 0 bridgehead atoms. The third-order valence-electron chi connectivity index (χ3n) is 4.42. The molecule has 0 unspecified atom stereocenters. The number of fused-ring (bicyclic) bond motifs is 1. The zero-order valence-corrected chi connectivity index (χ0v) is 16.5. The molecule has 4 aromatic rings. The maximum Gasteiger partial charge on any atom is 0.337 e. The summed E-state index contributed by atoms with van der Waals surface area (Å²) in [6.07, 6.45) is 1.54. The highest BCUT2D eigenvalue weighted by Crippen LogP contribution is 2.31. The predicted octanol–water partition coefficient (Wildman–Crippen LogP) is 4.61. The number of hydrogen-bond acceptors (Lipinski definition) is 5. The standard InChI is InChI=1S/C21H15ClN2O3S/c1-27-21(26)15-4-2-3-13(9-15)10-24-12-23-19-18(20(24)25)17(11-28-19)14-5-7-16(22)8-6-14/h2-9,11-12H,10H2,1H3. The summed E-state index contributed by atoms with van der Waals surface area (Å²) in [6.45, 7) is 0.308. The highest BCUT2D eigenvalue weighted by atomic mass is 35.5. The van der Waals surface area contributed by atoms with Gasteiger partial charge in [0, 0.05) is 16.0 Å². The minimum Gasteiger partial charge on any atom is -0.465 e. The molecular formula is C21H15ClN2O3S. The summed E-state index contributed by atoms with van der Waals surface area (Å²) in [4.78, 5) is 30.0. The number of methoxy groups -OCH3 is 1. The minimum atomic E-state index is -0.411. The molecule has 5 nitrogen and oxygen atoms in total. The Bertz CT molecular complexity index is 1230. The van der Waals surface area contributed by atoms with E-state index in [-0.39, 0.29) is 5.56 Å². The number of hydrogen-bond donors (Lipinski definition) is 0. The van der Waals surface area contributed by atoms with E-state index in [1.165, 1.54) is 24.8 Å². The molecule has 0 atom stereocenters. The lowest BCUT2D eigenvalue weighted by Gasteiger charge is -2.08. The van der Waals surface area contributed by atoms with Gasteiger partial charge in [0.2, 0.25) is 0 Å². The van der Waals surface area contributed by atoms with Crippen LogP contribution in [0, 0.1) is 0 Å². The van der Waals surface area contributed by atoms with Gasteiger partial charge in [-0.1, -0.05) is 35.9 Å². The Hall–Kier alpha value is -2.96. The normalized spacial score (nSPS) is 10.9. The van der Waals surface area contributed by atoms with E-state index in [1.807, 2.05) is 23.6 Å². The number of nitrogens with zero attached hydrogens (tertiary/aromatic N) is 2. The Kier molecular flexibility index (Phi) is 4.98. The Morgan fingerprint density at radius 3 is 2.75 bits per heavy atom. The first-order chi connectivity index (χ1) is 13.6. The first kappa shape index (κ1) is 18.4. The van der Waals surface area contributed by atoms with Crippen molar-refractivity contribution in [3.8, 4) is 11.1 Å². The second kappa shape index (κ2) is 7.58. The van der Waals surface area contributed by atoms with Crippen molar-refractivity contribution >= 4 is 39.1 Å². The molecule has 140 valence electrons. The van der Waals surface area contributed by atoms with Crippen LogP contribution < -0.4 is 5.56 Å². The molecule has 2 aromatic carbocycles. The van der Waals surface area contributed by atoms with E-state index in [4.69, 9.17) is 16.3 Å². The molecule has 7 heteroatoms. The van der Waals surface area contributed by atoms with Crippen molar-refractivity contribution in [1.82, 2.24) is 9.55 Å². The first-order valence-corrected chi connectivity index (χ1v) is 9.72. The molecule has 0 saturated carbocycles. The summed E-state index contributed by atoms with van der Waals surface area (Å²) < 4.78 is 6.30. The van der Waals surface area contributed by atoms with Gasteiger partial charge in [0.15, 0.2) is 0 Å². The molecule has 28 heavy (non-hydrogen) atoms. The van der Waals surface area contributed by atoms with Gasteiger partial charge in [-0.15, -0.1) is 11.3 Å². The molecule has 2 aromatic heterocycles. The number of carbonyl (C=O) groups is 1. The van der Waals surface area contributed by atoms with Crippen molar-refractivity contribution < 1.29 is 9.53 Å². The summed E-state index contributed by atoms with van der Waals surface area (Å²) in [6, 6.07) is 14.4.